The van der Waals surface area contributed by atoms with Gasteiger partial charge in [-0.1, -0.05) is 0 Å². The molecule has 1 heterocycles. The molecule has 5 nitrogen and oxygen atoms in total. The Bertz CT molecular complexity index is 337. The Morgan fingerprint density at radius 2 is 2.14 bits per heavy atom. The van der Waals surface area contributed by atoms with Crippen molar-refractivity contribution >= 4 is 5.96 Å². The van der Waals surface area contributed by atoms with E-state index in [9.17, 15) is 13.2 Å². The predicted molar refractivity (Wildman–Crippen MR) is 81.1 cm³/mol. The molecule has 0 bridgehead atoms. The number of guanidine groups is 1. The Labute approximate surface area is 130 Å². The largest absolute Gasteiger partial charge is 0.401 e. The van der Waals surface area contributed by atoms with Crippen LogP contribution in [0.15, 0.2) is 4.99 Å². The van der Waals surface area contributed by atoms with Gasteiger partial charge in [-0.25, -0.2) is 0 Å². The van der Waals surface area contributed by atoms with Crippen molar-refractivity contribution in [2.24, 2.45) is 4.99 Å². The Balaban J connectivity index is 2.18. The van der Waals surface area contributed by atoms with Crippen LogP contribution in [0.4, 0.5) is 13.2 Å². The number of hydrogen-bond acceptors (Lipinski definition) is 3. The standard InChI is InChI=1S/C14H27F3N4O/c1-3-22-9-5-4-7-19-13(18-2)20-12-6-8-21(10-12)11-14(15,16)17/h12H,3-11H2,1-2H3,(H2,18,19,20). The second-order valence-electron chi connectivity index (χ2n) is 5.38. The second-order valence-corrected chi connectivity index (χ2v) is 5.38. The lowest BCUT2D eigenvalue weighted by Crippen LogP contribution is -2.45. The van der Waals surface area contributed by atoms with Gasteiger partial charge < -0.3 is 15.4 Å². The van der Waals surface area contributed by atoms with E-state index in [2.05, 4.69) is 15.6 Å². The van der Waals surface area contributed by atoms with Crippen LogP contribution in [0, 0.1) is 0 Å². The first-order valence-electron chi connectivity index (χ1n) is 7.78. The Kier molecular flexibility index (Phi) is 8.55. The zero-order valence-corrected chi connectivity index (χ0v) is 13.4. The minimum atomic E-state index is -4.13. The number of ether oxygens (including phenoxy) is 1. The topological polar surface area (TPSA) is 48.9 Å². The number of nitrogens with one attached hydrogen (secondary N) is 2. The summed E-state index contributed by atoms with van der Waals surface area (Å²) in [6, 6.07) is 0.0111. The first kappa shape index (κ1) is 19.0. The molecule has 1 unspecified atom stereocenters. The average molecular weight is 324 g/mol. The quantitative estimate of drug-likeness (QED) is 0.405. The summed E-state index contributed by atoms with van der Waals surface area (Å²) in [6.45, 7) is 4.23. The van der Waals surface area contributed by atoms with Crippen molar-refractivity contribution in [1.29, 1.82) is 0 Å². The summed E-state index contributed by atoms with van der Waals surface area (Å²) in [7, 11) is 1.66. The van der Waals surface area contributed by atoms with Gasteiger partial charge in [-0.3, -0.25) is 9.89 Å². The molecule has 2 N–H and O–H groups in total. The number of aliphatic imine (C=N–C) groups is 1. The predicted octanol–water partition coefficient (Wildman–Crippen LogP) is 1.60. The highest BCUT2D eigenvalue weighted by molar-refractivity contribution is 5.79. The normalized spacial score (nSPS) is 20.4. The number of hydrogen-bond donors (Lipinski definition) is 2. The maximum absolute atomic E-state index is 12.3. The molecular formula is C14H27F3N4O. The summed E-state index contributed by atoms with van der Waals surface area (Å²) < 4.78 is 42.3. The summed E-state index contributed by atoms with van der Waals surface area (Å²) in [5.41, 5.74) is 0. The molecule has 0 radical (unpaired) electrons. The summed E-state index contributed by atoms with van der Waals surface area (Å²) in [5, 5.41) is 6.36. The lowest BCUT2D eigenvalue weighted by Gasteiger charge is -2.19. The fourth-order valence-electron chi connectivity index (χ4n) is 2.42. The minimum absolute atomic E-state index is 0.0111. The van der Waals surface area contributed by atoms with Crippen LogP contribution < -0.4 is 10.6 Å². The second kappa shape index (κ2) is 9.89. The van der Waals surface area contributed by atoms with Gasteiger partial charge >= 0.3 is 6.18 Å². The van der Waals surface area contributed by atoms with E-state index < -0.39 is 12.7 Å². The van der Waals surface area contributed by atoms with Crippen LogP contribution in [-0.4, -0.2) is 69.5 Å². The number of nitrogens with zero attached hydrogens (tertiary/aromatic N) is 2. The van der Waals surface area contributed by atoms with Crippen molar-refractivity contribution in [1.82, 2.24) is 15.5 Å². The zero-order chi connectivity index (χ0) is 16.4. The van der Waals surface area contributed by atoms with Crippen LogP contribution in [-0.2, 0) is 4.74 Å². The smallest absolute Gasteiger partial charge is 0.382 e. The highest BCUT2D eigenvalue weighted by Gasteiger charge is 2.34. The van der Waals surface area contributed by atoms with Crippen molar-refractivity contribution in [3.05, 3.63) is 0 Å². The lowest BCUT2D eigenvalue weighted by molar-refractivity contribution is -0.143. The fourth-order valence-corrected chi connectivity index (χ4v) is 2.42. The van der Waals surface area contributed by atoms with Crippen molar-refractivity contribution in [2.75, 3.05) is 46.4 Å². The highest BCUT2D eigenvalue weighted by Crippen LogP contribution is 2.19. The molecule has 0 aromatic heterocycles. The molecule has 0 saturated carbocycles. The van der Waals surface area contributed by atoms with E-state index in [1.807, 2.05) is 6.92 Å². The summed E-state index contributed by atoms with van der Waals surface area (Å²) in [6.07, 6.45) is -1.50. The maximum atomic E-state index is 12.3. The van der Waals surface area contributed by atoms with Gasteiger partial charge in [-0.05, 0) is 26.2 Å². The number of rotatable bonds is 8. The molecule has 0 aliphatic carbocycles. The maximum Gasteiger partial charge on any atom is 0.401 e. The minimum Gasteiger partial charge on any atom is -0.382 e. The molecule has 1 aliphatic heterocycles. The molecule has 0 aromatic carbocycles. The third-order valence-electron chi connectivity index (χ3n) is 3.45. The highest BCUT2D eigenvalue weighted by atomic mass is 19.4. The van der Waals surface area contributed by atoms with Gasteiger partial charge in [0.1, 0.15) is 0 Å². The van der Waals surface area contributed by atoms with E-state index in [1.165, 1.54) is 4.90 Å². The van der Waals surface area contributed by atoms with E-state index in [1.54, 1.807) is 7.05 Å². The first-order chi connectivity index (χ1) is 10.4. The van der Waals surface area contributed by atoms with Crippen LogP contribution in [0.1, 0.15) is 26.2 Å². The molecule has 1 fully saturated rings. The third kappa shape index (κ3) is 8.43. The number of likely N-dealkylation sites (tertiary alicyclic amines) is 1. The summed E-state index contributed by atoms with van der Waals surface area (Å²) in [4.78, 5) is 5.53. The molecule has 22 heavy (non-hydrogen) atoms. The molecular weight excluding hydrogens is 297 g/mol. The summed E-state index contributed by atoms with van der Waals surface area (Å²) in [5.74, 6) is 0.648. The molecule has 0 aromatic rings. The molecule has 1 saturated heterocycles. The van der Waals surface area contributed by atoms with E-state index in [4.69, 9.17) is 4.74 Å². The Morgan fingerprint density at radius 3 is 2.77 bits per heavy atom. The van der Waals surface area contributed by atoms with Crippen molar-refractivity contribution in [2.45, 2.75) is 38.4 Å². The van der Waals surface area contributed by atoms with E-state index in [0.717, 1.165) is 32.6 Å². The van der Waals surface area contributed by atoms with Gasteiger partial charge in [0.25, 0.3) is 0 Å². The van der Waals surface area contributed by atoms with Gasteiger partial charge in [0, 0.05) is 45.9 Å². The Morgan fingerprint density at radius 1 is 1.36 bits per heavy atom. The van der Waals surface area contributed by atoms with Crippen LogP contribution in [0.2, 0.25) is 0 Å². The number of alkyl halides is 3. The van der Waals surface area contributed by atoms with Crippen molar-refractivity contribution < 1.29 is 17.9 Å². The van der Waals surface area contributed by atoms with Gasteiger partial charge in [-0.2, -0.15) is 13.2 Å². The van der Waals surface area contributed by atoms with Gasteiger partial charge in [0.05, 0.1) is 6.54 Å². The molecule has 130 valence electrons. The number of halogens is 3. The molecule has 0 amide bonds. The van der Waals surface area contributed by atoms with Crippen molar-refractivity contribution in [3.63, 3.8) is 0 Å². The fraction of sp³-hybridized carbons (Fsp3) is 0.929. The zero-order valence-electron chi connectivity index (χ0n) is 13.4. The Hall–Kier alpha value is -1.02. The van der Waals surface area contributed by atoms with Crippen LogP contribution >= 0.6 is 0 Å². The molecule has 0 spiro atoms. The monoisotopic (exact) mass is 324 g/mol. The van der Waals surface area contributed by atoms with Gasteiger partial charge in [0.15, 0.2) is 5.96 Å². The molecule has 1 aliphatic rings. The number of unbranched alkanes of at least 4 members (excludes halogenated alkanes) is 1. The van der Waals surface area contributed by atoms with Gasteiger partial charge in [0.2, 0.25) is 0 Å². The third-order valence-corrected chi connectivity index (χ3v) is 3.45. The lowest BCUT2D eigenvalue weighted by atomic mass is 10.3. The summed E-state index contributed by atoms with van der Waals surface area (Å²) >= 11 is 0. The molecule has 1 atom stereocenters. The van der Waals surface area contributed by atoms with E-state index in [0.29, 0.717) is 25.5 Å². The molecule has 8 heteroatoms. The van der Waals surface area contributed by atoms with Crippen LogP contribution in [0.5, 0.6) is 0 Å². The SMILES string of the molecule is CCOCCCCNC(=NC)NC1CCN(CC(F)(F)F)C1. The first-order valence-corrected chi connectivity index (χ1v) is 7.78. The van der Waals surface area contributed by atoms with Crippen molar-refractivity contribution in [3.8, 4) is 0 Å². The van der Waals surface area contributed by atoms with E-state index >= 15 is 0 Å². The average Bonchev–Trinajstić information content (AvgIpc) is 2.86. The van der Waals surface area contributed by atoms with Crippen LogP contribution in [0.3, 0.4) is 0 Å². The van der Waals surface area contributed by atoms with Crippen LogP contribution in [0.25, 0.3) is 0 Å². The van der Waals surface area contributed by atoms with E-state index in [-0.39, 0.29) is 6.04 Å². The van der Waals surface area contributed by atoms with Gasteiger partial charge in [-0.15, -0.1) is 0 Å². The molecule has 1 rings (SSSR count).